The molecule has 1 unspecified atom stereocenters. The Morgan fingerprint density at radius 3 is 1.70 bits per heavy atom. The van der Waals surface area contributed by atoms with E-state index in [4.69, 9.17) is 11.5 Å². The topological polar surface area (TPSA) is 69.1 Å². The number of carbonyl (C=O) groups is 1. The second kappa shape index (κ2) is 17.5. The summed E-state index contributed by atoms with van der Waals surface area (Å²) < 4.78 is 0. The van der Waals surface area contributed by atoms with Gasteiger partial charge in [0.25, 0.3) is 0 Å². The predicted octanol–water partition coefficient (Wildman–Crippen LogP) is 5.23. The molecule has 0 spiro atoms. The molecule has 0 aromatic heterocycles. The Kier molecular flexibility index (Phi) is 16.9. The van der Waals surface area contributed by atoms with E-state index < -0.39 is 6.04 Å². The molecule has 0 bridgehead atoms. The number of nitrogens with two attached hydrogens (primary N) is 2. The number of carbonyl (C=O) groups excluding carboxylic acids is 1. The van der Waals surface area contributed by atoms with Gasteiger partial charge in [-0.05, 0) is 32.1 Å². The molecule has 0 rings (SSSR count). The summed E-state index contributed by atoms with van der Waals surface area (Å²) in [5, 5.41) is 0. The fourth-order valence-corrected chi connectivity index (χ4v) is 2.75. The Morgan fingerprint density at radius 2 is 1.22 bits per heavy atom. The van der Waals surface area contributed by atoms with Crippen LogP contribution < -0.4 is 11.5 Å². The van der Waals surface area contributed by atoms with Crippen LogP contribution in [0, 0.1) is 0 Å². The predicted molar refractivity (Wildman–Crippen MR) is 101 cm³/mol. The van der Waals surface area contributed by atoms with Crippen molar-refractivity contribution in [3.63, 3.8) is 0 Å². The molecule has 23 heavy (non-hydrogen) atoms. The lowest BCUT2D eigenvalue weighted by Gasteiger charge is -2.06. The van der Waals surface area contributed by atoms with Crippen molar-refractivity contribution in [2.45, 2.75) is 109 Å². The fourth-order valence-electron chi connectivity index (χ4n) is 2.75. The minimum absolute atomic E-state index is 0.377. The van der Waals surface area contributed by atoms with Gasteiger partial charge in [0, 0.05) is 0 Å². The summed E-state index contributed by atoms with van der Waals surface area (Å²) in [6.45, 7) is 2.27. The summed E-state index contributed by atoms with van der Waals surface area (Å²) in [7, 11) is 0. The highest BCUT2D eigenvalue weighted by Crippen LogP contribution is 2.11. The van der Waals surface area contributed by atoms with Crippen LogP contribution in [0.2, 0.25) is 0 Å². The molecule has 4 N–H and O–H groups in total. The van der Waals surface area contributed by atoms with E-state index in [1.165, 1.54) is 77.0 Å². The molecule has 0 aromatic rings. The highest BCUT2D eigenvalue weighted by Gasteiger charge is 2.07. The number of allylic oxidation sites excluding steroid dienone is 2. The Labute approximate surface area is 144 Å². The van der Waals surface area contributed by atoms with Gasteiger partial charge in [-0.3, -0.25) is 4.79 Å². The van der Waals surface area contributed by atoms with Crippen molar-refractivity contribution < 1.29 is 4.79 Å². The molecule has 0 radical (unpaired) electrons. The largest absolute Gasteiger partial charge is 0.368 e. The van der Waals surface area contributed by atoms with E-state index in [1.54, 1.807) is 0 Å². The SMILES string of the molecule is CCCCCCCC/C=C\CCCCCCCCC(N)C(N)=O. The number of hydrogen-bond acceptors (Lipinski definition) is 2. The second-order valence-electron chi connectivity index (χ2n) is 6.74. The maximum Gasteiger partial charge on any atom is 0.234 e. The minimum atomic E-state index is -0.452. The standard InChI is InChI=1S/C20H40N2O/c1-2-3-4-5-6-7-8-9-10-11-12-13-14-15-16-17-18-19(21)20(22)23/h9-10,19H,2-8,11-18,21H2,1H3,(H2,22,23)/b10-9-. The van der Waals surface area contributed by atoms with Gasteiger partial charge in [-0.2, -0.15) is 0 Å². The van der Waals surface area contributed by atoms with Crippen LogP contribution in [0.25, 0.3) is 0 Å². The molecular formula is C20H40N2O. The van der Waals surface area contributed by atoms with Crippen molar-refractivity contribution in [2.24, 2.45) is 11.5 Å². The van der Waals surface area contributed by atoms with Crippen molar-refractivity contribution in [2.75, 3.05) is 0 Å². The van der Waals surface area contributed by atoms with E-state index in [-0.39, 0.29) is 5.91 Å². The molecule has 0 fully saturated rings. The lowest BCUT2D eigenvalue weighted by molar-refractivity contribution is -0.119. The molecule has 0 saturated carbocycles. The Hall–Kier alpha value is -0.830. The first kappa shape index (κ1) is 22.2. The molecule has 3 heteroatoms. The van der Waals surface area contributed by atoms with Crippen molar-refractivity contribution >= 4 is 5.91 Å². The maximum atomic E-state index is 10.8. The fraction of sp³-hybridized carbons (Fsp3) is 0.850. The lowest BCUT2D eigenvalue weighted by atomic mass is 10.0. The van der Waals surface area contributed by atoms with Gasteiger partial charge in [0.15, 0.2) is 0 Å². The molecule has 0 aliphatic carbocycles. The van der Waals surface area contributed by atoms with Crippen molar-refractivity contribution in [3.8, 4) is 0 Å². The van der Waals surface area contributed by atoms with Crippen LogP contribution in [-0.4, -0.2) is 11.9 Å². The summed E-state index contributed by atoms with van der Waals surface area (Å²) in [5.41, 5.74) is 10.7. The number of amides is 1. The first-order valence-corrected chi connectivity index (χ1v) is 9.88. The molecule has 0 aromatic carbocycles. The smallest absolute Gasteiger partial charge is 0.234 e. The zero-order valence-corrected chi connectivity index (χ0v) is 15.4. The summed E-state index contributed by atoms with van der Waals surface area (Å²) in [5.74, 6) is -0.377. The molecule has 136 valence electrons. The van der Waals surface area contributed by atoms with Gasteiger partial charge in [-0.1, -0.05) is 83.3 Å². The van der Waals surface area contributed by atoms with Crippen LogP contribution in [0.4, 0.5) is 0 Å². The maximum absolute atomic E-state index is 10.8. The van der Waals surface area contributed by atoms with Crippen LogP contribution >= 0.6 is 0 Å². The normalized spacial score (nSPS) is 12.8. The van der Waals surface area contributed by atoms with Gasteiger partial charge in [0.05, 0.1) is 6.04 Å². The van der Waals surface area contributed by atoms with E-state index in [0.29, 0.717) is 0 Å². The van der Waals surface area contributed by atoms with E-state index in [0.717, 1.165) is 19.3 Å². The average Bonchev–Trinajstić information content (AvgIpc) is 2.54. The number of rotatable bonds is 17. The third-order valence-electron chi connectivity index (χ3n) is 4.39. The summed E-state index contributed by atoms with van der Waals surface area (Å²) in [6, 6.07) is -0.452. The minimum Gasteiger partial charge on any atom is -0.368 e. The molecule has 1 amide bonds. The first-order chi connectivity index (χ1) is 11.2. The Morgan fingerprint density at radius 1 is 0.783 bits per heavy atom. The van der Waals surface area contributed by atoms with Crippen molar-refractivity contribution in [1.82, 2.24) is 0 Å². The van der Waals surface area contributed by atoms with Gasteiger partial charge < -0.3 is 11.5 Å². The lowest BCUT2D eigenvalue weighted by Crippen LogP contribution is -2.36. The van der Waals surface area contributed by atoms with Gasteiger partial charge in [0.2, 0.25) is 5.91 Å². The van der Waals surface area contributed by atoms with Crippen molar-refractivity contribution in [1.29, 1.82) is 0 Å². The van der Waals surface area contributed by atoms with Gasteiger partial charge in [0.1, 0.15) is 0 Å². The quantitative estimate of drug-likeness (QED) is 0.284. The van der Waals surface area contributed by atoms with Gasteiger partial charge >= 0.3 is 0 Å². The van der Waals surface area contributed by atoms with Crippen LogP contribution in [0.1, 0.15) is 103 Å². The van der Waals surface area contributed by atoms with Crippen LogP contribution in [0.5, 0.6) is 0 Å². The van der Waals surface area contributed by atoms with Gasteiger partial charge in [-0.25, -0.2) is 0 Å². The van der Waals surface area contributed by atoms with E-state index >= 15 is 0 Å². The molecular weight excluding hydrogens is 284 g/mol. The second-order valence-corrected chi connectivity index (χ2v) is 6.74. The van der Waals surface area contributed by atoms with E-state index in [9.17, 15) is 4.79 Å². The van der Waals surface area contributed by atoms with Gasteiger partial charge in [-0.15, -0.1) is 0 Å². The molecule has 0 aliphatic heterocycles. The number of unbranched alkanes of at least 4 members (excludes halogenated alkanes) is 12. The summed E-state index contributed by atoms with van der Waals surface area (Å²) >= 11 is 0. The van der Waals surface area contributed by atoms with Crippen LogP contribution in [0.3, 0.4) is 0 Å². The molecule has 0 saturated heterocycles. The summed E-state index contributed by atoms with van der Waals surface area (Å²) in [6.07, 6.45) is 23.6. The highest BCUT2D eigenvalue weighted by molar-refractivity contribution is 5.79. The molecule has 0 heterocycles. The molecule has 0 aliphatic rings. The highest BCUT2D eigenvalue weighted by atomic mass is 16.1. The third kappa shape index (κ3) is 17.4. The Bertz CT molecular complexity index is 289. The van der Waals surface area contributed by atoms with E-state index in [1.807, 2.05) is 0 Å². The summed E-state index contributed by atoms with van der Waals surface area (Å²) in [4.78, 5) is 10.8. The monoisotopic (exact) mass is 324 g/mol. The third-order valence-corrected chi connectivity index (χ3v) is 4.39. The molecule has 1 atom stereocenters. The zero-order chi connectivity index (χ0) is 17.2. The molecule has 3 nitrogen and oxygen atoms in total. The average molecular weight is 325 g/mol. The van der Waals surface area contributed by atoms with Crippen molar-refractivity contribution in [3.05, 3.63) is 12.2 Å². The first-order valence-electron chi connectivity index (χ1n) is 9.88. The zero-order valence-electron chi connectivity index (χ0n) is 15.4. The van der Waals surface area contributed by atoms with Crippen LogP contribution in [-0.2, 0) is 4.79 Å². The number of primary amides is 1. The Balaban J connectivity index is 3.15. The number of hydrogen-bond donors (Lipinski definition) is 2. The van der Waals surface area contributed by atoms with E-state index in [2.05, 4.69) is 19.1 Å². The van der Waals surface area contributed by atoms with Crippen LogP contribution in [0.15, 0.2) is 12.2 Å².